The van der Waals surface area contributed by atoms with Crippen LogP contribution in [0.2, 0.25) is 0 Å². The Morgan fingerprint density at radius 3 is 2.65 bits per heavy atom. The largest absolute Gasteiger partial charge is 0.329 e. The van der Waals surface area contributed by atoms with Gasteiger partial charge in [0.2, 0.25) is 0 Å². The van der Waals surface area contributed by atoms with Crippen molar-refractivity contribution in [3.8, 4) is 0 Å². The van der Waals surface area contributed by atoms with Gasteiger partial charge in [-0.25, -0.2) is 9.78 Å². The number of aromatic amines is 1. The molecule has 0 bridgehead atoms. The molecular weight excluding hydrogens is 276 g/mol. The molecule has 2 aromatic rings. The summed E-state index contributed by atoms with van der Waals surface area (Å²) in [5.74, 6) is 0.946. The van der Waals surface area contributed by atoms with Crippen molar-refractivity contribution >= 4 is 22.9 Å². The summed E-state index contributed by atoms with van der Waals surface area (Å²) in [6, 6.07) is 0. The van der Waals surface area contributed by atoms with Gasteiger partial charge in [0.25, 0.3) is 5.56 Å². The molecule has 0 saturated heterocycles. The lowest BCUT2D eigenvalue weighted by Gasteiger charge is -2.06. The minimum Gasteiger partial charge on any atom is -0.313 e. The first-order chi connectivity index (χ1) is 9.60. The van der Waals surface area contributed by atoms with Gasteiger partial charge in [-0.2, -0.15) is 0 Å². The van der Waals surface area contributed by atoms with Crippen molar-refractivity contribution in [1.29, 1.82) is 0 Å². The van der Waals surface area contributed by atoms with Crippen LogP contribution in [0.4, 0.5) is 0 Å². The van der Waals surface area contributed by atoms with E-state index in [0.717, 1.165) is 36.7 Å². The first kappa shape index (κ1) is 14.9. The average Bonchev–Trinajstić information content (AvgIpc) is 2.79. The molecule has 0 amide bonds. The molecule has 0 unspecified atom stereocenters. The third-order valence-corrected chi connectivity index (χ3v) is 4.32. The lowest BCUT2D eigenvalue weighted by atomic mass is 10.3. The van der Waals surface area contributed by atoms with Crippen LogP contribution in [-0.4, -0.2) is 24.9 Å². The van der Waals surface area contributed by atoms with E-state index < -0.39 is 5.69 Å². The fourth-order valence-corrected chi connectivity index (χ4v) is 2.92. The van der Waals surface area contributed by atoms with Gasteiger partial charge in [0.15, 0.2) is 16.3 Å². The van der Waals surface area contributed by atoms with Crippen LogP contribution in [0.25, 0.3) is 11.2 Å². The SMILES string of the molecule is CCCCn1c(SCCC)nc2c1c(=O)[nH]c(=O)n2C. The number of imidazole rings is 1. The number of fused-ring (bicyclic) bond motifs is 1. The van der Waals surface area contributed by atoms with Crippen LogP contribution in [0.3, 0.4) is 0 Å². The van der Waals surface area contributed by atoms with Gasteiger partial charge in [-0.3, -0.25) is 14.3 Å². The van der Waals surface area contributed by atoms with Crippen molar-refractivity contribution in [3.05, 3.63) is 20.8 Å². The van der Waals surface area contributed by atoms with E-state index in [4.69, 9.17) is 0 Å². The Bertz CT molecular complexity index is 713. The van der Waals surface area contributed by atoms with Gasteiger partial charge in [-0.05, 0) is 12.8 Å². The number of rotatable bonds is 6. The Morgan fingerprint density at radius 1 is 1.25 bits per heavy atom. The zero-order chi connectivity index (χ0) is 14.7. The molecule has 2 heterocycles. The summed E-state index contributed by atoms with van der Waals surface area (Å²) < 4.78 is 3.34. The van der Waals surface area contributed by atoms with E-state index in [2.05, 4.69) is 23.8 Å². The van der Waals surface area contributed by atoms with E-state index in [0.29, 0.717) is 11.2 Å². The molecule has 2 aromatic heterocycles. The summed E-state index contributed by atoms with van der Waals surface area (Å²) in [5, 5.41) is 0.821. The highest BCUT2D eigenvalue weighted by atomic mass is 32.2. The fraction of sp³-hybridized carbons (Fsp3) is 0.615. The maximum Gasteiger partial charge on any atom is 0.329 e. The quantitative estimate of drug-likeness (QED) is 0.824. The molecule has 0 aromatic carbocycles. The minimum atomic E-state index is -0.422. The number of aryl methyl sites for hydroxylation is 2. The smallest absolute Gasteiger partial charge is 0.313 e. The number of aromatic nitrogens is 4. The summed E-state index contributed by atoms with van der Waals surface area (Å²) in [4.78, 5) is 30.6. The summed E-state index contributed by atoms with van der Waals surface area (Å²) in [6.45, 7) is 4.97. The number of nitrogens with zero attached hydrogens (tertiary/aromatic N) is 3. The van der Waals surface area contributed by atoms with E-state index in [9.17, 15) is 9.59 Å². The molecule has 0 spiro atoms. The average molecular weight is 296 g/mol. The minimum absolute atomic E-state index is 0.352. The molecule has 0 radical (unpaired) electrons. The second-order valence-corrected chi connectivity index (χ2v) is 5.80. The Morgan fingerprint density at radius 2 is 2.00 bits per heavy atom. The van der Waals surface area contributed by atoms with E-state index in [1.165, 1.54) is 4.57 Å². The van der Waals surface area contributed by atoms with Gasteiger partial charge in [0.05, 0.1) is 0 Å². The lowest BCUT2D eigenvalue weighted by molar-refractivity contribution is 0.600. The van der Waals surface area contributed by atoms with Crippen LogP contribution < -0.4 is 11.2 Å². The zero-order valence-electron chi connectivity index (χ0n) is 12.1. The molecule has 2 rings (SSSR count). The molecule has 0 aliphatic carbocycles. The van der Waals surface area contributed by atoms with Gasteiger partial charge < -0.3 is 4.57 Å². The van der Waals surface area contributed by atoms with Gasteiger partial charge in [-0.15, -0.1) is 0 Å². The standard InChI is InChI=1S/C13H20N4O2S/c1-4-6-7-17-9-10(14-13(17)20-8-5-2)16(3)12(19)15-11(9)18/h4-8H2,1-3H3,(H,15,18,19). The molecule has 0 saturated carbocycles. The van der Waals surface area contributed by atoms with Crippen molar-refractivity contribution < 1.29 is 0 Å². The molecule has 7 heteroatoms. The molecule has 1 N–H and O–H groups in total. The predicted molar refractivity (Wildman–Crippen MR) is 81.5 cm³/mol. The maximum atomic E-state index is 12.1. The number of H-pyrrole nitrogens is 1. The third-order valence-electron chi connectivity index (χ3n) is 3.14. The molecular formula is C13H20N4O2S. The van der Waals surface area contributed by atoms with Gasteiger partial charge in [0.1, 0.15) is 0 Å². The Hall–Kier alpha value is -1.50. The highest BCUT2D eigenvalue weighted by Crippen LogP contribution is 2.22. The number of hydrogen-bond acceptors (Lipinski definition) is 4. The van der Waals surface area contributed by atoms with Gasteiger partial charge >= 0.3 is 5.69 Å². The molecule has 6 nitrogen and oxygen atoms in total. The fourth-order valence-electron chi connectivity index (χ4n) is 2.04. The maximum absolute atomic E-state index is 12.1. The second-order valence-electron chi connectivity index (χ2n) is 4.74. The van der Waals surface area contributed by atoms with Crippen LogP contribution in [-0.2, 0) is 13.6 Å². The summed E-state index contributed by atoms with van der Waals surface area (Å²) >= 11 is 1.63. The Balaban J connectivity index is 2.65. The second kappa shape index (κ2) is 6.30. The van der Waals surface area contributed by atoms with E-state index in [1.807, 2.05) is 4.57 Å². The first-order valence-corrected chi connectivity index (χ1v) is 7.91. The van der Waals surface area contributed by atoms with Crippen LogP contribution in [0.1, 0.15) is 33.1 Å². The van der Waals surface area contributed by atoms with Gasteiger partial charge in [0, 0.05) is 19.3 Å². The molecule has 20 heavy (non-hydrogen) atoms. The van der Waals surface area contributed by atoms with Crippen LogP contribution >= 0.6 is 11.8 Å². The normalized spacial score (nSPS) is 11.3. The van der Waals surface area contributed by atoms with Crippen LogP contribution in [0.15, 0.2) is 14.7 Å². The summed E-state index contributed by atoms with van der Waals surface area (Å²) in [6.07, 6.45) is 3.06. The molecule has 0 aliphatic rings. The number of unbranched alkanes of at least 4 members (excludes halogenated alkanes) is 1. The van der Waals surface area contributed by atoms with Crippen molar-refractivity contribution in [2.45, 2.75) is 44.8 Å². The van der Waals surface area contributed by atoms with Crippen molar-refractivity contribution in [3.63, 3.8) is 0 Å². The molecule has 0 atom stereocenters. The summed E-state index contributed by atoms with van der Waals surface area (Å²) in [7, 11) is 1.63. The summed E-state index contributed by atoms with van der Waals surface area (Å²) in [5.41, 5.74) is 0.192. The monoisotopic (exact) mass is 296 g/mol. The topological polar surface area (TPSA) is 72.7 Å². The Labute approximate surface area is 121 Å². The van der Waals surface area contributed by atoms with E-state index in [-0.39, 0.29) is 5.56 Å². The Kier molecular flexibility index (Phi) is 4.69. The van der Waals surface area contributed by atoms with Gasteiger partial charge in [-0.1, -0.05) is 32.0 Å². The van der Waals surface area contributed by atoms with Crippen molar-refractivity contribution in [2.24, 2.45) is 7.05 Å². The highest BCUT2D eigenvalue weighted by Gasteiger charge is 2.16. The number of nitrogens with one attached hydrogen (secondary N) is 1. The molecule has 0 aliphatic heterocycles. The third kappa shape index (κ3) is 2.67. The van der Waals surface area contributed by atoms with Crippen LogP contribution in [0, 0.1) is 0 Å². The predicted octanol–water partition coefficient (Wildman–Crippen LogP) is 1.73. The lowest BCUT2D eigenvalue weighted by Crippen LogP contribution is -2.29. The first-order valence-electron chi connectivity index (χ1n) is 6.92. The number of thioether (sulfide) groups is 1. The highest BCUT2D eigenvalue weighted by molar-refractivity contribution is 7.99. The van der Waals surface area contributed by atoms with Crippen molar-refractivity contribution in [2.75, 3.05) is 5.75 Å². The van der Waals surface area contributed by atoms with E-state index >= 15 is 0 Å². The van der Waals surface area contributed by atoms with E-state index in [1.54, 1.807) is 18.8 Å². The van der Waals surface area contributed by atoms with Crippen LogP contribution in [0.5, 0.6) is 0 Å². The molecule has 0 fully saturated rings. The van der Waals surface area contributed by atoms with Crippen molar-refractivity contribution in [1.82, 2.24) is 19.1 Å². The molecule has 110 valence electrons. The number of hydrogen-bond donors (Lipinski definition) is 1. The zero-order valence-corrected chi connectivity index (χ0v) is 12.9.